The molecule has 0 radical (unpaired) electrons. The first-order chi connectivity index (χ1) is 5.70. The molecule has 0 bridgehead atoms. The molecule has 0 aliphatic rings. The van der Waals surface area contributed by atoms with Gasteiger partial charge in [0.2, 0.25) is 0 Å². The smallest absolute Gasteiger partial charge is 0.319 e. The standard InChI is InChI=1S/C9H15NO2/c1-4-5-6-7-10(2)8-9(11)12-3/h4-6H,1,7-8H2,2-3H3/b6-5+. The lowest BCUT2D eigenvalue weighted by Crippen LogP contribution is -2.26. The fourth-order valence-electron chi connectivity index (χ4n) is 0.687. The molecule has 0 saturated carbocycles. The molecule has 12 heavy (non-hydrogen) atoms. The topological polar surface area (TPSA) is 29.5 Å². The summed E-state index contributed by atoms with van der Waals surface area (Å²) < 4.78 is 4.50. The van der Waals surface area contributed by atoms with Crippen molar-refractivity contribution in [1.82, 2.24) is 4.90 Å². The van der Waals surface area contributed by atoms with Crippen LogP contribution in [-0.4, -0.2) is 38.1 Å². The molecule has 0 aromatic rings. The van der Waals surface area contributed by atoms with Crippen LogP contribution >= 0.6 is 0 Å². The number of allylic oxidation sites excluding steroid dienone is 2. The molecule has 0 aromatic carbocycles. The van der Waals surface area contributed by atoms with E-state index in [4.69, 9.17) is 0 Å². The third-order valence-corrected chi connectivity index (χ3v) is 1.32. The molecule has 0 saturated heterocycles. The second-order valence-corrected chi connectivity index (χ2v) is 2.44. The van der Waals surface area contributed by atoms with Crippen LogP contribution in [0.3, 0.4) is 0 Å². The van der Waals surface area contributed by atoms with E-state index in [1.165, 1.54) is 7.11 Å². The number of methoxy groups -OCH3 is 1. The van der Waals surface area contributed by atoms with Crippen LogP contribution in [0.1, 0.15) is 0 Å². The van der Waals surface area contributed by atoms with Crippen LogP contribution in [0.2, 0.25) is 0 Å². The Kier molecular flexibility index (Phi) is 6.01. The van der Waals surface area contributed by atoms with E-state index >= 15 is 0 Å². The van der Waals surface area contributed by atoms with Crippen LogP contribution < -0.4 is 0 Å². The molecule has 0 aliphatic heterocycles. The summed E-state index contributed by atoms with van der Waals surface area (Å²) in [5.74, 6) is -0.218. The van der Waals surface area contributed by atoms with Crippen molar-refractivity contribution < 1.29 is 9.53 Å². The second-order valence-electron chi connectivity index (χ2n) is 2.44. The van der Waals surface area contributed by atoms with Crippen LogP contribution in [0.4, 0.5) is 0 Å². The largest absolute Gasteiger partial charge is 0.468 e. The molecule has 0 rings (SSSR count). The van der Waals surface area contributed by atoms with Gasteiger partial charge in [0.05, 0.1) is 13.7 Å². The van der Waals surface area contributed by atoms with Crippen LogP contribution in [0.25, 0.3) is 0 Å². The maximum absolute atomic E-state index is 10.7. The first-order valence-corrected chi connectivity index (χ1v) is 3.73. The van der Waals surface area contributed by atoms with E-state index in [-0.39, 0.29) is 5.97 Å². The maximum atomic E-state index is 10.7. The van der Waals surface area contributed by atoms with Crippen molar-refractivity contribution in [2.45, 2.75) is 0 Å². The highest BCUT2D eigenvalue weighted by atomic mass is 16.5. The number of likely N-dealkylation sites (N-methyl/N-ethyl adjacent to an activating group) is 1. The maximum Gasteiger partial charge on any atom is 0.319 e. The Morgan fingerprint density at radius 1 is 1.67 bits per heavy atom. The lowest BCUT2D eigenvalue weighted by molar-refractivity contribution is -0.141. The zero-order valence-corrected chi connectivity index (χ0v) is 7.62. The van der Waals surface area contributed by atoms with E-state index in [0.29, 0.717) is 6.54 Å². The normalized spacial score (nSPS) is 10.6. The second kappa shape index (κ2) is 6.61. The molecule has 0 amide bonds. The van der Waals surface area contributed by atoms with Crippen molar-refractivity contribution >= 4 is 5.97 Å². The van der Waals surface area contributed by atoms with Gasteiger partial charge in [-0.3, -0.25) is 9.69 Å². The van der Waals surface area contributed by atoms with E-state index < -0.39 is 0 Å². The molecule has 0 spiro atoms. The highest BCUT2D eigenvalue weighted by Crippen LogP contribution is 1.85. The van der Waals surface area contributed by atoms with Gasteiger partial charge in [0.25, 0.3) is 0 Å². The molecule has 0 N–H and O–H groups in total. The van der Waals surface area contributed by atoms with E-state index in [0.717, 1.165) is 6.54 Å². The SMILES string of the molecule is C=C/C=C/CN(C)CC(=O)OC. The molecule has 0 aliphatic carbocycles. The Morgan fingerprint density at radius 2 is 2.33 bits per heavy atom. The van der Waals surface area contributed by atoms with Gasteiger partial charge < -0.3 is 4.74 Å². The highest BCUT2D eigenvalue weighted by Gasteiger charge is 2.02. The number of nitrogens with zero attached hydrogens (tertiary/aromatic N) is 1. The summed E-state index contributed by atoms with van der Waals surface area (Å²) >= 11 is 0. The van der Waals surface area contributed by atoms with Gasteiger partial charge in [0.1, 0.15) is 0 Å². The molecule has 68 valence electrons. The quantitative estimate of drug-likeness (QED) is 0.451. The van der Waals surface area contributed by atoms with Gasteiger partial charge in [-0.15, -0.1) is 0 Å². The average molecular weight is 169 g/mol. The van der Waals surface area contributed by atoms with Crippen molar-refractivity contribution in [2.24, 2.45) is 0 Å². The average Bonchev–Trinajstić information content (AvgIpc) is 2.05. The zero-order valence-electron chi connectivity index (χ0n) is 7.62. The van der Waals surface area contributed by atoms with E-state index in [1.807, 2.05) is 24.1 Å². The van der Waals surface area contributed by atoms with Gasteiger partial charge in [0.15, 0.2) is 0 Å². The van der Waals surface area contributed by atoms with Gasteiger partial charge in [-0.1, -0.05) is 24.8 Å². The summed E-state index contributed by atoms with van der Waals surface area (Å²) in [7, 11) is 3.24. The van der Waals surface area contributed by atoms with Gasteiger partial charge in [0, 0.05) is 6.54 Å². The molecule has 3 nitrogen and oxygen atoms in total. The van der Waals surface area contributed by atoms with Crippen molar-refractivity contribution in [3.05, 3.63) is 24.8 Å². The van der Waals surface area contributed by atoms with Crippen LogP contribution in [0.5, 0.6) is 0 Å². The fraction of sp³-hybridized carbons (Fsp3) is 0.444. The monoisotopic (exact) mass is 169 g/mol. The molecule has 0 unspecified atom stereocenters. The Hall–Kier alpha value is -1.09. The Balaban J connectivity index is 3.58. The minimum Gasteiger partial charge on any atom is -0.468 e. The first kappa shape index (κ1) is 10.9. The van der Waals surface area contributed by atoms with Crippen LogP contribution in [0, 0.1) is 0 Å². The van der Waals surface area contributed by atoms with Crippen molar-refractivity contribution in [2.75, 3.05) is 27.2 Å². The third-order valence-electron chi connectivity index (χ3n) is 1.32. The van der Waals surface area contributed by atoms with Crippen LogP contribution in [-0.2, 0) is 9.53 Å². The van der Waals surface area contributed by atoms with Crippen molar-refractivity contribution in [3.8, 4) is 0 Å². The van der Waals surface area contributed by atoms with Gasteiger partial charge >= 0.3 is 5.97 Å². The predicted molar refractivity (Wildman–Crippen MR) is 48.9 cm³/mol. The number of esters is 1. The van der Waals surface area contributed by atoms with Crippen LogP contribution in [0.15, 0.2) is 24.8 Å². The summed E-state index contributed by atoms with van der Waals surface area (Å²) in [6.45, 7) is 4.58. The summed E-state index contributed by atoms with van der Waals surface area (Å²) in [6, 6.07) is 0. The zero-order chi connectivity index (χ0) is 9.40. The predicted octanol–water partition coefficient (Wildman–Crippen LogP) is 0.833. The number of carbonyl (C=O) groups excluding carboxylic acids is 1. The van der Waals surface area contributed by atoms with Gasteiger partial charge in [-0.2, -0.15) is 0 Å². The molecular weight excluding hydrogens is 154 g/mol. The Labute approximate surface area is 73.3 Å². The molecular formula is C9H15NO2. The summed E-state index contributed by atoms with van der Waals surface area (Å²) in [5, 5.41) is 0. The first-order valence-electron chi connectivity index (χ1n) is 3.73. The fourth-order valence-corrected chi connectivity index (χ4v) is 0.687. The van der Waals surface area contributed by atoms with E-state index in [9.17, 15) is 4.79 Å². The lowest BCUT2D eigenvalue weighted by atomic mass is 10.4. The molecule has 0 atom stereocenters. The number of carbonyl (C=O) groups is 1. The van der Waals surface area contributed by atoms with Crippen molar-refractivity contribution in [1.29, 1.82) is 0 Å². The number of hydrogen-bond donors (Lipinski definition) is 0. The minimum absolute atomic E-state index is 0.218. The Morgan fingerprint density at radius 3 is 2.83 bits per heavy atom. The minimum atomic E-state index is -0.218. The van der Waals surface area contributed by atoms with E-state index in [2.05, 4.69) is 11.3 Å². The van der Waals surface area contributed by atoms with Crippen molar-refractivity contribution in [3.63, 3.8) is 0 Å². The molecule has 0 fully saturated rings. The number of hydrogen-bond acceptors (Lipinski definition) is 3. The molecule has 0 aromatic heterocycles. The molecule has 0 heterocycles. The van der Waals surface area contributed by atoms with E-state index in [1.54, 1.807) is 6.08 Å². The van der Waals surface area contributed by atoms with Gasteiger partial charge in [-0.05, 0) is 7.05 Å². The lowest BCUT2D eigenvalue weighted by Gasteiger charge is -2.11. The van der Waals surface area contributed by atoms with Gasteiger partial charge in [-0.25, -0.2) is 0 Å². The highest BCUT2D eigenvalue weighted by molar-refractivity contribution is 5.71. The Bertz CT molecular complexity index is 175. The summed E-state index contributed by atoms with van der Waals surface area (Å²) in [6.07, 6.45) is 5.47. The molecule has 3 heteroatoms. The summed E-state index contributed by atoms with van der Waals surface area (Å²) in [4.78, 5) is 12.6. The number of ether oxygens (including phenoxy) is 1. The number of rotatable bonds is 5. The summed E-state index contributed by atoms with van der Waals surface area (Å²) in [5.41, 5.74) is 0. The third kappa shape index (κ3) is 5.68.